The van der Waals surface area contributed by atoms with Crippen LogP contribution in [0.5, 0.6) is 0 Å². The summed E-state index contributed by atoms with van der Waals surface area (Å²) in [4.78, 5) is 11.1. The minimum absolute atomic E-state index is 0.371. The molecular formula is C14H19N5OS. The average molecular weight is 305 g/mol. The van der Waals surface area contributed by atoms with Gasteiger partial charge in [0.25, 0.3) is 0 Å². The number of nitrogens with zero attached hydrogens (tertiary/aromatic N) is 5. The van der Waals surface area contributed by atoms with Gasteiger partial charge in [0, 0.05) is 25.4 Å². The van der Waals surface area contributed by atoms with E-state index in [1.54, 1.807) is 22.6 Å². The van der Waals surface area contributed by atoms with E-state index in [1.165, 1.54) is 0 Å². The molecular weight excluding hydrogens is 286 g/mol. The summed E-state index contributed by atoms with van der Waals surface area (Å²) in [7, 11) is 1.92. The van der Waals surface area contributed by atoms with Crippen LogP contribution in [0, 0.1) is 0 Å². The molecule has 0 saturated carbocycles. The number of rotatable bonds is 3. The minimum Gasteiger partial charge on any atom is -0.367 e. The molecule has 0 spiro atoms. The van der Waals surface area contributed by atoms with Gasteiger partial charge in [0.2, 0.25) is 0 Å². The standard InChI is InChI=1S/C14H19N5OS/c1-14(11-6-16-18(2)9-11)10-19(4-5-20-14)12-7-15-8-13(17-12)21-3/h6-9H,4-5,10H2,1-3H3/t14-/m0/s1. The second kappa shape index (κ2) is 5.65. The Labute approximate surface area is 128 Å². The van der Waals surface area contributed by atoms with E-state index < -0.39 is 0 Å². The fraction of sp³-hybridized carbons (Fsp3) is 0.500. The zero-order valence-electron chi connectivity index (χ0n) is 12.5. The number of aryl methyl sites for hydroxylation is 1. The van der Waals surface area contributed by atoms with Crippen LogP contribution in [0.15, 0.2) is 29.8 Å². The lowest BCUT2D eigenvalue weighted by Gasteiger charge is -2.40. The Kier molecular flexibility index (Phi) is 3.86. The number of morpholine rings is 1. The summed E-state index contributed by atoms with van der Waals surface area (Å²) in [5, 5.41) is 5.18. The van der Waals surface area contributed by atoms with Gasteiger partial charge >= 0.3 is 0 Å². The molecule has 1 saturated heterocycles. The third-order valence-corrected chi connectivity index (χ3v) is 4.34. The first-order valence-electron chi connectivity index (χ1n) is 6.85. The molecule has 0 amide bonds. The van der Waals surface area contributed by atoms with Crippen molar-refractivity contribution in [3.8, 4) is 0 Å². The largest absolute Gasteiger partial charge is 0.367 e. The molecule has 1 fully saturated rings. The Morgan fingerprint density at radius 1 is 1.33 bits per heavy atom. The van der Waals surface area contributed by atoms with E-state index in [0.29, 0.717) is 6.61 Å². The molecule has 0 unspecified atom stereocenters. The highest BCUT2D eigenvalue weighted by atomic mass is 32.2. The SMILES string of the molecule is CSc1cncc(N2CCO[C@](C)(c3cnn(C)c3)C2)n1. The van der Waals surface area contributed by atoms with Crippen molar-refractivity contribution in [2.45, 2.75) is 17.6 Å². The van der Waals surface area contributed by atoms with E-state index in [0.717, 1.165) is 29.5 Å². The van der Waals surface area contributed by atoms with Crippen molar-refractivity contribution in [3.63, 3.8) is 0 Å². The van der Waals surface area contributed by atoms with Crippen molar-refractivity contribution in [2.24, 2.45) is 7.05 Å². The molecule has 1 aliphatic heterocycles. The Balaban J connectivity index is 1.85. The van der Waals surface area contributed by atoms with Gasteiger partial charge in [-0.25, -0.2) is 4.98 Å². The minimum atomic E-state index is -0.371. The highest BCUT2D eigenvalue weighted by Gasteiger charge is 2.35. The lowest BCUT2D eigenvalue weighted by molar-refractivity contribution is -0.0468. The van der Waals surface area contributed by atoms with Crippen LogP contribution in [-0.4, -0.2) is 45.7 Å². The molecule has 0 N–H and O–H groups in total. The first-order valence-corrected chi connectivity index (χ1v) is 8.07. The fourth-order valence-corrected chi connectivity index (χ4v) is 2.87. The molecule has 7 heteroatoms. The lowest BCUT2D eigenvalue weighted by atomic mass is 9.97. The van der Waals surface area contributed by atoms with Crippen LogP contribution >= 0.6 is 11.8 Å². The van der Waals surface area contributed by atoms with Gasteiger partial charge in [-0.05, 0) is 13.2 Å². The number of thioether (sulfide) groups is 1. The average Bonchev–Trinajstić information content (AvgIpc) is 2.95. The molecule has 0 bridgehead atoms. The normalized spacial score (nSPS) is 22.5. The van der Waals surface area contributed by atoms with E-state index in [2.05, 4.69) is 26.9 Å². The van der Waals surface area contributed by atoms with E-state index in [4.69, 9.17) is 4.74 Å². The zero-order valence-corrected chi connectivity index (χ0v) is 13.3. The monoisotopic (exact) mass is 305 g/mol. The number of ether oxygens (including phenoxy) is 1. The molecule has 3 heterocycles. The maximum Gasteiger partial charge on any atom is 0.148 e. The maximum absolute atomic E-state index is 6.02. The summed E-state index contributed by atoms with van der Waals surface area (Å²) in [6, 6.07) is 0. The molecule has 2 aromatic rings. The van der Waals surface area contributed by atoms with Gasteiger partial charge in [-0.1, -0.05) is 0 Å². The molecule has 112 valence electrons. The van der Waals surface area contributed by atoms with E-state index in [-0.39, 0.29) is 5.60 Å². The quantitative estimate of drug-likeness (QED) is 0.804. The van der Waals surface area contributed by atoms with Crippen molar-refractivity contribution in [1.82, 2.24) is 19.7 Å². The Bertz CT molecular complexity index is 631. The number of hydrogen-bond donors (Lipinski definition) is 0. The molecule has 1 atom stereocenters. The molecule has 1 aliphatic rings. The van der Waals surface area contributed by atoms with Gasteiger partial charge < -0.3 is 9.64 Å². The first-order chi connectivity index (χ1) is 10.1. The molecule has 3 rings (SSSR count). The second-order valence-corrected chi connectivity index (χ2v) is 6.15. The van der Waals surface area contributed by atoms with Gasteiger partial charge in [-0.2, -0.15) is 5.10 Å². The summed E-state index contributed by atoms with van der Waals surface area (Å²) >= 11 is 1.60. The summed E-state index contributed by atoms with van der Waals surface area (Å²) in [6.07, 6.45) is 9.48. The molecule has 6 nitrogen and oxygen atoms in total. The van der Waals surface area contributed by atoms with Crippen molar-refractivity contribution < 1.29 is 4.74 Å². The third kappa shape index (κ3) is 2.89. The van der Waals surface area contributed by atoms with Gasteiger partial charge in [0.1, 0.15) is 16.4 Å². The number of hydrogen-bond acceptors (Lipinski definition) is 6. The highest BCUT2D eigenvalue weighted by molar-refractivity contribution is 7.98. The van der Waals surface area contributed by atoms with Crippen LogP contribution in [0.25, 0.3) is 0 Å². The predicted molar refractivity (Wildman–Crippen MR) is 82.5 cm³/mol. The smallest absolute Gasteiger partial charge is 0.148 e. The summed E-state index contributed by atoms with van der Waals surface area (Å²) in [5.41, 5.74) is 0.715. The third-order valence-electron chi connectivity index (χ3n) is 3.72. The van der Waals surface area contributed by atoms with E-state index in [9.17, 15) is 0 Å². The Hall–Kier alpha value is -1.60. The van der Waals surface area contributed by atoms with Crippen molar-refractivity contribution >= 4 is 17.6 Å². The second-order valence-electron chi connectivity index (χ2n) is 5.32. The van der Waals surface area contributed by atoms with Crippen LogP contribution in [0.1, 0.15) is 12.5 Å². The molecule has 0 radical (unpaired) electrons. The number of aromatic nitrogens is 4. The molecule has 21 heavy (non-hydrogen) atoms. The maximum atomic E-state index is 6.02. The van der Waals surface area contributed by atoms with Gasteiger partial charge in [0.15, 0.2) is 0 Å². The summed E-state index contributed by atoms with van der Waals surface area (Å²) in [6.45, 7) is 4.33. The molecule has 2 aromatic heterocycles. The Morgan fingerprint density at radius 2 is 2.19 bits per heavy atom. The summed E-state index contributed by atoms with van der Waals surface area (Å²) < 4.78 is 7.83. The first kappa shape index (κ1) is 14.3. The van der Waals surface area contributed by atoms with Crippen LogP contribution in [0.3, 0.4) is 0 Å². The van der Waals surface area contributed by atoms with Crippen LogP contribution in [0.2, 0.25) is 0 Å². The fourth-order valence-electron chi connectivity index (χ4n) is 2.52. The topological polar surface area (TPSA) is 56.1 Å². The van der Waals surface area contributed by atoms with Crippen molar-refractivity contribution in [2.75, 3.05) is 30.9 Å². The number of anilines is 1. The lowest BCUT2D eigenvalue weighted by Crippen LogP contribution is -2.48. The van der Waals surface area contributed by atoms with Gasteiger partial charge in [-0.3, -0.25) is 9.67 Å². The van der Waals surface area contributed by atoms with Crippen molar-refractivity contribution in [3.05, 3.63) is 30.4 Å². The van der Waals surface area contributed by atoms with Crippen molar-refractivity contribution in [1.29, 1.82) is 0 Å². The van der Waals surface area contributed by atoms with Crippen LogP contribution in [-0.2, 0) is 17.4 Å². The molecule has 0 aliphatic carbocycles. The predicted octanol–water partition coefficient (Wildman–Crippen LogP) is 1.68. The van der Waals surface area contributed by atoms with Crippen LogP contribution in [0.4, 0.5) is 5.82 Å². The van der Waals surface area contributed by atoms with Gasteiger partial charge in [-0.15, -0.1) is 11.8 Å². The van der Waals surface area contributed by atoms with Crippen LogP contribution < -0.4 is 4.90 Å². The molecule has 0 aromatic carbocycles. The zero-order chi connectivity index (χ0) is 14.9. The Morgan fingerprint density at radius 3 is 2.90 bits per heavy atom. The summed E-state index contributed by atoms with van der Waals surface area (Å²) in [5.74, 6) is 0.903. The van der Waals surface area contributed by atoms with Gasteiger partial charge in [0.05, 0.1) is 31.7 Å². The van der Waals surface area contributed by atoms with E-state index >= 15 is 0 Å². The highest BCUT2D eigenvalue weighted by Crippen LogP contribution is 2.31. The van der Waals surface area contributed by atoms with E-state index in [1.807, 2.05) is 31.9 Å².